The van der Waals surface area contributed by atoms with Gasteiger partial charge in [-0.2, -0.15) is 0 Å². The normalized spacial score (nSPS) is 14.2. The van der Waals surface area contributed by atoms with Gasteiger partial charge in [-0.15, -0.1) is 0 Å². The van der Waals surface area contributed by atoms with Crippen molar-refractivity contribution in [2.24, 2.45) is 0 Å². The predicted molar refractivity (Wildman–Crippen MR) is 102 cm³/mol. The second kappa shape index (κ2) is 8.23. The number of ketones is 1. The van der Waals surface area contributed by atoms with Crippen LogP contribution in [0.4, 0.5) is 5.69 Å². The van der Waals surface area contributed by atoms with Crippen LogP contribution in [0.15, 0.2) is 48.5 Å². The summed E-state index contributed by atoms with van der Waals surface area (Å²) in [5.74, 6) is 0.553. The molecule has 1 fully saturated rings. The topological polar surface area (TPSA) is 49.9 Å². The van der Waals surface area contributed by atoms with Crippen LogP contribution in [0.5, 0.6) is 5.75 Å². The Morgan fingerprint density at radius 3 is 2.35 bits per heavy atom. The van der Waals surface area contributed by atoms with Gasteiger partial charge >= 0.3 is 0 Å². The maximum atomic E-state index is 12.4. The second-order valence-corrected chi connectivity index (χ2v) is 6.65. The van der Waals surface area contributed by atoms with Crippen LogP contribution in [0.2, 0.25) is 5.02 Å². The van der Waals surface area contributed by atoms with Crippen molar-refractivity contribution in [3.05, 3.63) is 59.1 Å². The highest BCUT2D eigenvalue weighted by Crippen LogP contribution is 2.21. The molecule has 0 unspecified atom stereocenters. The fourth-order valence-electron chi connectivity index (χ4n) is 2.91. The molecule has 0 spiro atoms. The zero-order valence-electron chi connectivity index (χ0n) is 14.7. The average Bonchev–Trinajstić information content (AvgIpc) is 2.66. The van der Waals surface area contributed by atoms with Gasteiger partial charge in [-0.05, 0) is 49.4 Å². The van der Waals surface area contributed by atoms with Crippen molar-refractivity contribution in [3.63, 3.8) is 0 Å². The van der Waals surface area contributed by atoms with E-state index in [9.17, 15) is 9.59 Å². The van der Waals surface area contributed by atoms with Crippen LogP contribution in [0, 0.1) is 0 Å². The van der Waals surface area contributed by atoms with Crippen molar-refractivity contribution in [1.29, 1.82) is 0 Å². The summed E-state index contributed by atoms with van der Waals surface area (Å²) >= 11 is 6.04. The molecule has 1 heterocycles. The van der Waals surface area contributed by atoms with Gasteiger partial charge in [0.1, 0.15) is 5.75 Å². The van der Waals surface area contributed by atoms with Gasteiger partial charge in [0.25, 0.3) is 5.91 Å². The van der Waals surface area contributed by atoms with Gasteiger partial charge in [-0.3, -0.25) is 9.59 Å². The first-order valence-corrected chi connectivity index (χ1v) is 8.93. The van der Waals surface area contributed by atoms with Gasteiger partial charge in [0.2, 0.25) is 0 Å². The first-order valence-electron chi connectivity index (χ1n) is 8.55. The van der Waals surface area contributed by atoms with E-state index >= 15 is 0 Å². The smallest absolute Gasteiger partial charge is 0.260 e. The van der Waals surface area contributed by atoms with Gasteiger partial charge in [0.15, 0.2) is 12.4 Å². The van der Waals surface area contributed by atoms with Gasteiger partial charge in [0, 0.05) is 42.5 Å². The summed E-state index contributed by atoms with van der Waals surface area (Å²) in [5.41, 5.74) is 1.70. The van der Waals surface area contributed by atoms with E-state index < -0.39 is 0 Å². The first kappa shape index (κ1) is 18.3. The van der Waals surface area contributed by atoms with Crippen LogP contribution in [0.25, 0.3) is 0 Å². The summed E-state index contributed by atoms with van der Waals surface area (Å²) < 4.78 is 5.55. The van der Waals surface area contributed by atoms with E-state index in [1.54, 1.807) is 24.3 Å². The lowest BCUT2D eigenvalue weighted by Gasteiger charge is -2.36. The number of carbonyl (C=O) groups is 2. The molecule has 0 saturated carbocycles. The van der Waals surface area contributed by atoms with E-state index in [-0.39, 0.29) is 18.3 Å². The van der Waals surface area contributed by atoms with E-state index in [0.717, 1.165) is 18.8 Å². The zero-order valence-corrected chi connectivity index (χ0v) is 15.4. The molecule has 1 aliphatic heterocycles. The number of anilines is 1. The van der Waals surface area contributed by atoms with Crippen molar-refractivity contribution in [2.45, 2.75) is 6.92 Å². The average molecular weight is 373 g/mol. The summed E-state index contributed by atoms with van der Waals surface area (Å²) in [6.45, 7) is 4.34. The number of rotatable bonds is 5. The molecule has 2 aromatic rings. The summed E-state index contributed by atoms with van der Waals surface area (Å²) in [6, 6.07) is 14.6. The molecule has 6 heteroatoms. The molecular weight excluding hydrogens is 352 g/mol. The highest BCUT2D eigenvalue weighted by molar-refractivity contribution is 6.30. The Labute approximate surface area is 158 Å². The van der Waals surface area contributed by atoms with E-state index in [1.807, 2.05) is 29.2 Å². The van der Waals surface area contributed by atoms with Crippen molar-refractivity contribution < 1.29 is 14.3 Å². The number of hydrogen-bond acceptors (Lipinski definition) is 4. The third-order valence-corrected chi connectivity index (χ3v) is 4.66. The molecule has 1 amide bonds. The number of hydrogen-bond donors (Lipinski definition) is 0. The maximum absolute atomic E-state index is 12.4. The first-order chi connectivity index (χ1) is 12.5. The van der Waals surface area contributed by atoms with Gasteiger partial charge in [-0.25, -0.2) is 0 Å². The number of amides is 1. The molecule has 2 aromatic carbocycles. The number of piperazine rings is 1. The molecule has 5 nitrogen and oxygen atoms in total. The van der Waals surface area contributed by atoms with Crippen LogP contribution in [0.1, 0.15) is 17.3 Å². The quantitative estimate of drug-likeness (QED) is 0.756. The molecular formula is C20H21ClN2O3. The highest BCUT2D eigenvalue weighted by Gasteiger charge is 2.21. The maximum Gasteiger partial charge on any atom is 0.260 e. The Morgan fingerprint density at radius 1 is 1.04 bits per heavy atom. The SMILES string of the molecule is CC(=O)c1ccc(OCC(=O)N2CCN(c3cccc(Cl)c3)CC2)cc1. The molecule has 0 aromatic heterocycles. The highest BCUT2D eigenvalue weighted by atomic mass is 35.5. The van der Waals surface area contributed by atoms with Crippen LogP contribution < -0.4 is 9.64 Å². The zero-order chi connectivity index (χ0) is 18.5. The summed E-state index contributed by atoms with van der Waals surface area (Å²) in [6.07, 6.45) is 0. The van der Waals surface area contributed by atoms with E-state index in [2.05, 4.69) is 4.90 Å². The predicted octanol–water partition coefficient (Wildman–Crippen LogP) is 3.27. The fraction of sp³-hybridized carbons (Fsp3) is 0.300. The summed E-state index contributed by atoms with van der Waals surface area (Å²) in [5, 5.41) is 0.713. The molecule has 136 valence electrons. The van der Waals surface area contributed by atoms with Crippen LogP contribution in [-0.2, 0) is 4.79 Å². The van der Waals surface area contributed by atoms with Gasteiger partial charge in [0.05, 0.1) is 0 Å². The Balaban J connectivity index is 1.48. The fourth-order valence-corrected chi connectivity index (χ4v) is 3.09. The minimum absolute atomic E-state index is 0.00339. The molecule has 1 saturated heterocycles. The Morgan fingerprint density at radius 2 is 1.73 bits per heavy atom. The Kier molecular flexibility index (Phi) is 5.78. The second-order valence-electron chi connectivity index (χ2n) is 6.22. The van der Waals surface area contributed by atoms with Crippen LogP contribution >= 0.6 is 11.6 Å². The lowest BCUT2D eigenvalue weighted by Crippen LogP contribution is -2.50. The minimum Gasteiger partial charge on any atom is -0.484 e. The van der Waals surface area contributed by atoms with Crippen LogP contribution in [0.3, 0.4) is 0 Å². The third-order valence-electron chi connectivity index (χ3n) is 4.43. The molecule has 0 radical (unpaired) electrons. The molecule has 0 aliphatic carbocycles. The minimum atomic E-state index is -0.0358. The number of ether oxygens (including phenoxy) is 1. The van der Waals surface area contributed by atoms with E-state index in [1.165, 1.54) is 6.92 Å². The number of benzene rings is 2. The standard InChI is InChI=1S/C20H21ClN2O3/c1-15(24)16-5-7-19(8-6-16)26-14-20(25)23-11-9-22(10-12-23)18-4-2-3-17(21)13-18/h2-8,13H,9-12,14H2,1H3. The number of nitrogens with zero attached hydrogens (tertiary/aromatic N) is 2. The number of Topliss-reactive ketones (excluding diaryl/α,β-unsaturated/α-hetero) is 1. The monoisotopic (exact) mass is 372 g/mol. The molecule has 1 aliphatic rings. The molecule has 0 N–H and O–H groups in total. The Hall–Kier alpha value is -2.53. The molecule has 0 bridgehead atoms. The van der Waals surface area contributed by atoms with E-state index in [4.69, 9.17) is 16.3 Å². The van der Waals surface area contributed by atoms with E-state index in [0.29, 0.717) is 29.4 Å². The molecule has 0 atom stereocenters. The summed E-state index contributed by atoms with van der Waals surface area (Å²) in [4.78, 5) is 27.6. The third kappa shape index (κ3) is 4.55. The lowest BCUT2D eigenvalue weighted by molar-refractivity contribution is -0.133. The molecule has 3 rings (SSSR count). The summed E-state index contributed by atoms with van der Waals surface area (Å²) in [7, 11) is 0. The number of halogens is 1. The largest absolute Gasteiger partial charge is 0.484 e. The van der Waals surface area contributed by atoms with Crippen molar-refractivity contribution in [2.75, 3.05) is 37.7 Å². The Bertz CT molecular complexity index is 784. The lowest BCUT2D eigenvalue weighted by atomic mass is 10.1. The van der Waals surface area contributed by atoms with Gasteiger partial charge in [-0.1, -0.05) is 17.7 Å². The molecule has 26 heavy (non-hydrogen) atoms. The van der Waals surface area contributed by atoms with Crippen LogP contribution in [-0.4, -0.2) is 49.4 Å². The van der Waals surface area contributed by atoms with Crippen molar-refractivity contribution in [3.8, 4) is 5.75 Å². The van der Waals surface area contributed by atoms with Crippen molar-refractivity contribution >= 4 is 29.0 Å². The number of carbonyl (C=O) groups excluding carboxylic acids is 2. The van der Waals surface area contributed by atoms with Gasteiger partial charge < -0.3 is 14.5 Å². The van der Waals surface area contributed by atoms with Crippen molar-refractivity contribution in [1.82, 2.24) is 4.90 Å².